The Hall–Kier alpha value is -1.73. The van der Waals surface area contributed by atoms with Gasteiger partial charge in [-0.15, -0.1) is 0 Å². The Kier molecular flexibility index (Phi) is 4.67. The van der Waals surface area contributed by atoms with E-state index in [0.717, 1.165) is 0 Å². The predicted molar refractivity (Wildman–Crippen MR) is 73.1 cm³/mol. The number of rotatable bonds is 6. The van der Waals surface area contributed by atoms with Crippen molar-refractivity contribution in [2.45, 2.75) is 25.7 Å². The highest BCUT2D eigenvalue weighted by molar-refractivity contribution is 7.89. The summed E-state index contributed by atoms with van der Waals surface area (Å²) in [4.78, 5) is 22.1. The van der Waals surface area contributed by atoms with Crippen LogP contribution in [0.1, 0.15) is 31.1 Å². The Labute approximate surface area is 117 Å². The molecule has 0 unspecified atom stereocenters. The number of hydrogen-bond donors (Lipinski definition) is 2. The standard InChI is InChI=1S/C13H17NO5S/c1-9(15)10-5-4-6-11(7-10)20(18,19)14-8-13(2,3)12(16)17/h4-7,14H,8H2,1-3H3,(H,16,17). The minimum Gasteiger partial charge on any atom is -0.481 e. The number of carbonyl (C=O) groups is 2. The molecular formula is C13H17NO5S. The molecule has 0 aromatic heterocycles. The molecule has 7 heteroatoms. The number of aliphatic carboxylic acids is 1. The van der Waals surface area contributed by atoms with Crippen LogP contribution in [-0.2, 0) is 14.8 Å². The first-order chi connectivity index (χ1) is 9.06. The first-order valence-electron chi connectivity index (χ1n) is 5.90. The summed E-state index contributed by atoms with van der Waals surface area (Å²) < 4.78 is 26.4. The summed E-state index contributed by atoms with van der Waals surface area (Å²) in [6.07, 6.45) is 0. The van der Waals surface area contributed by atoms with Crippen LogP contribution in [0.4, 0.5) is 0 Å². The zero-order valence-corrected chi connectivity index (χ0v) is 12.3. The Morgan fingerprint density at radius 1 is 1.30 bits per heavy atom. The van der Waals surface area contributed by atoms with Gasteiger partial charge in [-0.25, -0.2) is 13.1 Å². The fourth-order valence-corrected chi connectivity index (χ4v) is 2.57. The van der Waals surface area contributed by atoms with E-state index >= 15 is 0 Å². The van der Waals surface area contributed by atoms with Crippen molar-refractivity contribution in [2.75, 3.05) is 6.54 Å². The van der Waals surface area contributed by atoms with Gasteiger partial charge in [-0.1, -0.05) is 12.1 Å². The summed E-state index contributed by atoms with van der Waals surface area (Å²) >= 11 is 0. The van der Waals surface area contributed by atoms with Gasteiger partial charge in [0.25, 0.3) is 0 Å². The fraction of sp³-hybridized carbons (Fsp3) is 0.385. The Morgan fingerprint density at radius 2 is 1.90 bits per heavy atom. The molecule has 1 aromatic carbocycles. The van der Waals surface area contributed by atoms with Crippen LogP contribution in [0.15, 0.2) is 29.2 Å². The molecule has 20 heavy (non-hydrogen) atoms. The van der Waals surface area contributed by atoms with Gasteiger partial charge >= 0.3 is 5.97 Å². The van der Waals surface area contributed by atoms with Gasteiger partial charge in [-0.05, 0) is 32.9 Å². The van der Waals surface area contributed by atoms with Crippen molar-refractivity contribution in [3.05, 3.63) is 29.8 Å². The second kappa shape index (κ2) is 5.72. The molecule has 2 N–H and O–H groups in total. The van der Waals surface area contributed by atoms with E-state index in [9.17, 15) is 18.0 Å². The van der Waals surface area contributed by atoms with Crippen LogP contribution in [0.3, 0.4) is 0 Å². The van der Waals surface area contributed by atoms with Crippen LogP contribution in [0.25, 0.3) is 0 Å². The summed E-state index contributed by atoms with van der Waals surface area (Å²) in [5.74, 6) is -1.34. The average Bonchev–Trinajstić information content (AvgIpc) is 2.36. The minimum atomic E-state index is -3.85. The van der Waals surface area contributed by atoms with E-state index in [0.29, 0.717) is 0 Å². The predicted octanol–water partition coefficient (Wildman–Crippen LogP) is 1.28. The summed E-state index contributed by atoms with van der Waals surface area (Å²) in [6.45, 7) is 3.94. The van der Waals surface area contributed by atoms with Gasteiger partial charge in [0.2, 0.25) is 10.0 Å². The molecule has 6 nitrogen and oxygen atoms in total. The zero-order chi connectivity index (χ0) is 15.6. The number of carboxylic acid groups (broad SMARTS) is 1. The van der Waals surface area contributed by atoms with Gasteiger partial charge in [0.05, 0.1) is 10.3 Å². The lowest BCUT2D eigenvalue weighted by Crippen LogP contribution is -2.38. The van der Waals surface area contributed by atoms with Crippen LogP contribution < -0.4 is 4.72 Å². The number of carbonyl (C=O) groups excluding carboxylic acids is 1. The third kappa shape index (κ3) is 3.88. The lowest BCUT2D eigenvalue weighted by Gasteiger charge is -2.19. The van der Waals surface area contributed by atoms with Crippen molar-refractivity contribution in [3.8, 4) is 0 Å². The average molecular weight is 299 g/mol. The molecule has 0 aliphatic carbocycles. The van der Waals surface area contributed by atoms with Crippen molar-refractivity contribution in [1.29, 1.82) is 0 Å². The molecule has 110 valence electrons. The van der Waals surface area contributed by atoms with Crippen LogP contribution in [0.5, 0.6) is 0 Å². The second-order valence-electron chi connectivity index (χ2n) is 5.10. The Balaban J connectivity index is 2.98. The van der Waals surface area contributed by atoms with Gasteiger partial charge in [0.15, 0.2) is 5.78 Å². The quantitative estimate of drug-likeness (QED) is 0.771. The van der Waals surface area contributed by atoms with Gasteiger partial charge in [-0.2, -0.15) is 0 Å². The van der Waals surface area contributed by atoms with Crippen molar-refractivity contribution < 1.29 is 23.1 Å². The van der Waals surface area contributed by atoms with E-state index in [1.165, 1.54) is 45.0 Å². The monoisotopic (exact) mass is 299 g/mol. The summed E-state index contributed by atoms with van der Waals surface area (Å²) in [6, 6.07) is 5.59. The number of carboxylic acids is 1. The highest BCUT2D eigenvalue weighted by atomic mass is 32.2. The molecule has 0 fully saturated rings. The van der Waals surface area contributed by atoms with Crippen LogP contribution in [0.2, 0.25) is 0 Å². The molecule has 0 radical (unpaired) electrons. The summed E-state index contributed by atoms with van der Waals surface area (Å²) in [5, 5.41) is 8.95. The van der Waals surface area contributed by atoms with Crippen molar-refractivity contribution in [2.24, 2.45) is 5.41 Å². The molecule has 0 saturated heterocycles. The molecular weight excluding hydrogens is 282 g/mol. The van der Waals surface area contributed by atoms with E-state index in [-0.39, 0.29) is 22.8 Å². The van der Waals surface area contributed by atoms with E-state index in [1.807, 2.05) is 0 Å². The number of nitrogens with one attached hydrogen (secondary N) is 1. The number of ketones is 1. The fourth-order valence-electron chi connectivity index (χ4n) is 1.32. The van der Waals surface area contributed by atoms with Crippen molar-refractivity contribution in [3.63, 3.8) is 0 Å². The number of benzene rings is 1. The molecule has 0 atom stereocenters. The van der Waals surface area contributed by atoms with Crippen LogP contribution in [0, 0.1) is 5.41 Å². The van der Waals surface area contributed by atoms with E-state index in [4.69, 9.17) is 5.11 Å². The number of sulfonamides is 1. The van der Waals surface area contributed by atoms with Crippen molar-refractivity contribution in [1.82, 2.24) is 4.72 Å². The topological polar surface area (TPSA) is 101 Å². The van der Waals surface area contributed by atoms with Crippen LogP contribution >= 0.6 is 0 Å². The van der Waals surface area contributed by atoms with Gasteiger partial charge in [0, 0.05) is 12.1 Å². The largest absolute Gasteiger partial charge is 0.481 e. The zero-order valence-electron chi connectivity index (χ0n) is 11.5. The maximum absolute atomic E-state index is 12.1. The lowest BCUT2D eigenvalue weighted by atomic mass is 9.95. The third-order valence-electron chi connectivity index (χ3n) is 2.83. The first-order valence-corrected chi connectivity index (χ1v) is 7.39. The maximum Gasteiger partial charge on any atom is 0.310 e. The first kappa shape index (κ1) is 16.3. The molecule has 0 spiro atoms. The molecule has 0 aliphatic rings. The van der Waals surface area contributed by atoms with Crippen molar-refractivity contribution >= 4 is 21.8 Å². The molecule has 1 aromatic rings. The lowest BCUT2D eigenvalue weighted by molar-refractivity contribution is -0.146. The van der Waals surface area contributed by atoms with Crippen LogP contribution in [-0.4, -0.2) is 31.8 Å². The minimum absolute atomic E-state index is 0.0635. The molecule has 0 aliphatic heterocycles. The summed E-state index contributed by atoms with van der Waals surface area (Å²) in [7, 11) is -3.85. The number of hydrogen-bond acceptors (Lipinski definition) is 4. The van der Waals surface area contributed by atoms with Gasteiger partial charge in [-0.3, -0.25) is 9.59 Å². The Morgan fingerprint density at radius 3 is 2.40 bits per heavy atom. The highest BCUT2D eigenvalue weighted by Crippen LogP contribution is 2.16. The van der Waals surface area contributed by atoms with Gasteiger partial charge in [0.1, 0.15) is 0 Å². The molecule has 0 heterocycles. The normalized spacial score (nSPS) is 12.2. The van der Waals surface area contributed by atoms with E-state index in [1.54, 1.807) is 0 Å². The van der Waals surface area contributed by atoms with E-state index in [2.05, 4.69) is 4.72 Å². The highest BCUT2D eigenvalue weighted by Gasteiger charge is 2.29. The SMILES string of the molecule is CC(=O)c1cccc(S(=O)(=O)NCC(C)(C)C(=O)O)c1. The molecule has 0 amide bonds. The molecule has 1 rings (SSSR count). The molecule has 0 saturated carbocycles. The molecule has 0 bridgehead atoms. The smallest absolute Gasteiger partial charge is 0.310 e. The summed E-state index contributed by atoms with van der Waals surface area (Å²) in [5.41, 5.74) is -0.934. The maximum atomic E-state index is 12.1. The number of Topliss-reactive ketones (excluding diaryl/α,β-unsaturated/α-hetero) is 1. The third-order valence-corrected chi connectivity index (χ3v) is 4.23. The van der Waals surface area contributed by atoms with Gasteiger partial charge < -0.3 is 5.11 Å². The second-order valence-corrected chi connectivity index (χ2v) is 6.86. The Bertz CT molecular complexity index is 634. The van der Waals surface area contributed by atoms with E-state index < -0.39 is 21.4 Å².